The van der Waals surface area contributed by atoms with Crippen molar-refractivity contribution in [2.75, 3.05) is 18.1 Å². The maximum atomic E-state index is 13.1. The lowest BCUT2D eigenvalue weighted by molar-refractivity contribution is -0.235. The van der Waals surface area contributed by atoms with Crippen molar-refractivity contribution in [2.45, 2.75) is 89.9 Å². The Balaban J connectivity index is 1.49. The lowest BCUT2D eigenvalue weighted by Gasteiger charge is -2.30. The Kier molecular flexibility index (Phi) is 6.15. The smallest absolute Gasteiger partial charge is 0.253 e. The molecule has 4 rings (SSSR count). The monoisotopic (exact) mass is 435 g/mol. The van der Waals surface area contributed by atoms with Gasteiger partial charge in [0, 0.05) is 11.7 Å². The maximum absolute atomic E-state index is 13.1. The third-order valence-corrected chi connectivity index (χ3v) is 5.64. The standard InChI is InChI=1S/C23H33NO7/c1-14(2)24(15-10-8-7-9-11-15)17(25)13-26-19-18(16-12-27-22(3,4)29-16)28-21-20(19)30-23(5,6)31-21/h7-11,14,16,18-21H,12-13H2,1-6H3/t16-,18-,19-,20+,21-/m0/s1. The van der Waals surface area contributed by atoms with Crippen molar-refractivity contribution in [1.82, 2.24) is 0 Å². The number of hydrogen-bond donors (Lipinski definition) is 0. The van der Waals surface area contributed by atoms with E-state index in [9.17, 15) is 4.79 Å². The number of fused-ring (bicyclic) bond motifs is 1. The van der Waals surface area contributed by atoms with Crippen LogP contribution in [0.25, 0.3) is 0 Å². The minimum atomic E-state index is -0.785. The minimum absolute atomic E-state index is 0.0146. The van der Waals surface area contributed by atoms with Crippen molar-refractivity contribution in [3.05, 3.63) is 30.3 Å². The van der Waals surface area contributed by atoms with E-state index < -0.39 is 36.2 Å². The van der Waals surface area contributed by atoms with Crippen LogP contribution >= 0.6 is 0 Å². The molecule has 8 nitrogen and oxygen atoms in total. The van der Waals surface area contributed by atoms with Crippen LogP contribution in [0.1, 0.15) is 41.5 Å². The first-order valence-electron chi connectivity index (χ1n) is 10.9. The summed E-state index contributed by atoms with van der Waals surface area (Å²) in [7, 11) is 0. The van der Waals surface area contributed by atoms with Gasteiger partial charge in [0.25, 0.3) is 5.91 Å². The minimum Gasteiger partial charge on any atom is -0.363 e. The second-order valence-electron chi connectivity index (χ2n) is 9.41. The highest BCUT2D eigenvalue weighted by Crippen LogP contribution is 2.42. The Bertz CT molecular complexity index is 781. The van der Waals surface area contributed by atoms with Gasteiger partial charge in [-0.05, 0) is 53.7 Å². The van der Waals surface area contributed by atoms with Crippen LogP contribution in [0.3, 0.4) is 0 Å². The van der Waals surface area contributed by atoms with E-state index in [2.05, 4.69) is 0 Å². The third-order valence-electron chi connectivity index (χ3n) is 5.64. The van der Waals surface area contributed by atoms with Gasteiger partial charge in [0.05, 0.1) is 6.61 Å². The van der Waals surface area contributed by atoms with E-state index >= 15 is 0 Å². The Morgan fingerprint density at radius 1 is 1.06 bits per heavy atom. The SMILES string of the molecule is CC(C)N(C(=O)CO[C@H]1[C@H]([C@@H]2COC(C)(C)O2)O[C@H]2OC(C)(C)O[C@@H]21)c1ccccc1. The first-order valence-corrected chi connectivity index (χ1v) is 10.9. The third kappa shape index (κ3) is 4.79. The number of carbonyl (C=O) groups excluding carboxylic acids is 1. The van der Waals surface area contributed by atoms with Gasteiger partial charge in [-0.3, -0.25) is 4.79 Å². The van der Waals surface area contributed by atoms with E-state index in [0.717, 1.165) is 5.69 Å². The number of benzene rings is 1. The zero-order valence-corrected chi connectivity index (χ0v) is 19.1. The normalized spacial score (nSPS) is 33.6. The van der Waals surface area contributed by atoms with Gasteiger partial charge in [-0.15, -0.1) is 0 Å². The van der Waals surface area contributed by atoms with Gasteiger partial charge in [0.2, 0.25) is 0 Å². The average Bonchev–Trinajstić information content (AvgIpc) is 3.29. The molecule has 1 aromatic rings. The zero-order valence-electron chi connectivity index (χ0n) is 19.1. The van der Waals surface area contributed by atoms with Crippen LogP contribution in [0, 0.1) is 0 Å². The molecule has 0 aromatic heterocycles. The van der Waals surface area contributed by atoms with E-state index in [1.807, 2.05) is 71.9 Å². The average molecular weight is 436 g/mol. The molecule has 0 saturated carbocycles. The zero-order chi connectivity index (χ0) is 22.4. The summed E-state index contributed by atoms with van der Waals surface area (Å²) in [5, 5.41) is 0. The predicted molar refractivity (Wildman–Crippen MR) is 112 cm³/mol. The molecule has 1 aromatic carbocycles. The van der Waals surface area contributed by atoms with Crippen LogP contribution in [0.2, 0.25) is 0 Å². The first kappa shape index (κ1) is 22.6. The van der Waals surface area contributed by atoms with Crippen LogP contribution in [0.15, 0.2) is 30.3 Å². The molecule has 3 aliphatic heterocycles. The summed E-state index contributed by atoms with van der Waals surface area (Å²) < 4.78 is 36.0. The Labute approximate surface area is 183 Å². The van der Waals surface area contributed by atoms with Gasteiger partial charge in [-0.2, -0.15) is 0 Å². The van der Waals surface area contributed by atoms with E-state index in [1.165, 1.54) is 0 Å². The predicted octanol–water partition coefficient (Wildman–Crippen LogP) is 2.84. The van der Waals surface area contributed by atoms with Gasteiger partial charge in [-0.1, -0.05) is 18.2 Å². The molecule has 31 heavy (non-hydrogen) atoms. The lowest BCUT2D eigenvalue weighted by Crippen LogP contribution is -2.46. The summed E-state index contributed by atoms with van der Waals surface area (Å²) in [6, 6.07) is 9.56. The molecule has 3 fully saturated rings. The number of ether oxygens (including phenoxy) is 6. The van der Waals surface area contributed by atoms with Crippen molar-refractivity contribution in [3.63, 3.8) is 0 Å². The molecule has 0 aliphatic carbocycles. The topological polar surface area (TPSA) is 75.7 Å². The van der Waals surface area contributed by atoms with Crippen LogP contribution in [0.4, 0.5) is 5.69 Å². The highest BCUT2D eigenvalue weighted by atomic mass is 16.8. The fourth-order valence-corrected chi connectivity index (χ4v) is 4.43. The molecule has 0 radical (unpaired) electrons. The lowest BCUT2D eigenvalue weighted by atomic mass is 10.1. The van der Waals surface area contributed by atoms with E-state index in [1.54, 1.807) is 4.90 Å². The van der Waals surface area contributed by atoms with Crippen LogP contribution in [-0.2, 0) is 33.2 Å². The van der Waals surface area contributed by atoms with Crippen molar-refractivity contribution < 1.29 is 33.2 Å². The fourth-order valence-electron chi connectivity index (χ4n) is 4.43. The number of nitrogens with zero attached hydrogens (tertiary/aromatic N) is 1. The van der Waals surface area contributed by atoms with Gasteiger partial charge in [0.1, 0.15) is 31.0 Å². The van der Waals surface area contributed by atoms with Gasteiger partial charge in [-0.25, -0.2) is 0 Å². The molecule has 172 valence electrons. The van der Waals surface area contributed by atoms with Crippen LogP contribution in [0.5, 0.6) is 0 Å². The summed E-state index contributed by atoms with van der Waals surface area (Å²) in [5.41, 5.74) is 0.832. The van der Waals surface area contributed by atoms with Crippen molar-refractivity contribution in [2.24, 2.45) is 0 Å². The second-order valence-corrected chi connectivity index (χ2v) is 9.41. The Hall–Kier alpha value is -1.55. The highest BCUT2D eigenvalue weighted by molar-refractivity contribution is 5.94. The van der Waals surface area contributed by atoms with Gasteiger partial charge in [0.15, 0.2) is 17.9 Å². The van der Waals surface area contributed by atoms with Crippen molar-refractivity contribution in [1.29, 1.82) is 0 Å². The first-order chi connectivity index (χ1) is 14.6. The molecule has 3 saturated heterocycles. The summed E-state index contributed by atoms with van der Waals surface area (Å²) in [4.78, 5) is 14.9. The molecule has 0 spiro atoms. The van der Waals surface area contributed by atoms with Crippen LogP contribution in [-0.4, -0.2) is 67.4 Å². The van der Waals surface area contributed by atoms with Gasteiger partial charge < -0.3 is 33.3 Å². The van der Waals surface area contributed by atoms with Crippen molar-refractivity contribution >= 4 is 11.6 Å². The molecule has 5 atom stereocenters. The molecule has 0 N–H and O–H groups in total. The largest absolute Gasteiger partial charge is 0.363 e. The van der Waals surface area contributed by atoms with Gasteiger partial charge >= 0.3 is 0 Å². The number of rotatable bonds is 6. The number of anilines is 1. The highest BCUT2D eigenvalue weighted by Gasteiger charge is 2.59. The summed E-state index contributed by atoms with van der Waals surface area (Å²) in [6.45, 7) is 11.6. The molecule has 8 heteroatoms. The molecular weight excluding hydrogens is 402 g/mol. The molecular formula is C23H33NO7. The van der Waals surface area contributed by atoms with E-state index in [-0.39, 0.29) is 24.7 Å². The molecule has 3 aliphatic rings. The Morgan fingerprint density at radius 2 is 1.77 bits per heavy atom. The van der Waals surface area contributed by atoms with Crippen LogP contribution < -0.4 is 4.90 Å². The summed E-state index contributed by atoms with van der Waals surface area (Å²) >= 11 is 0. The molecule has 0 unspecified atom stereocenters. The number of amides is 1. The number of para-hydroxylation sites is 1. The summed E-state index contributed by atoms with van der Waals surface area (Å²) in [6.07, 6.45) is -2.37. The second kappa shape index (κ2) is 8.42. The molecule has 0 bridgehead atoms. The maximum Gasteiger partial charge on any atom is 0.253 e. The quantitative estimate of drug-likeness (QED) is 0.680. The Morgan fingerprint density at radius 3 is 2.39 bits per heavy atom. The number of carbonyl (C=O) groups is 1. The van der Waals surface area contributed by atoms with Crippen molar-refractivity contribution in [3.8, 4) is 0 Å². The summed E-state index contributed by atoms with van der Waals surface area (Å²) in [5.74, 6) is -1.62. The fraction of sp³-hybridized carbons (Fsp3) is 0.696. The molecule has 3 heterocycles. The van der Waals surface area contributed by atoms with E-state index in [0.29, 0.717) is 6.61 Å². The number of hydrogen-bond acceptors (Lipinski definition) is 7. The molecule has 1 amide bonds. The van der Waals surface area contributed by atoms with E-state index in [4.69, 9.17) is 28.4 Å².